The highest BCUT2D eigenvalue weighted by Gasteiger charge is 2.25. The second-order valence-electron chi connectivity index (χ2n) is 4.40. The Hall–Kier alpha value is -1.91. The zero-order valence-electron chi connectivity index (χ0n) is 14.7. The van der Waals surface area contributed by atoms with Crippen LogP contribution in [0, 0.1) is 0 Å². The Morgan fingerprint density at radius 2 is 1.68 bits per heavy atom. The molecule has 0 saturated carbocycles. The van der Waals surface area contributed by atoms with Gasteiger partial charge in [-0.05, 0) is 6.07 Å². The lowest BCUT2D eigenvalue weighted by Crippen LogP contribution is -2.43. The first-order valence-electron chi connectivity index (χ1n) is 7.96. The van der Waals surface area contributed by atoms with Gasteiger partial charge in [-0.3, -0.25) is 9.69 Å². The summed E-state index contributed by atoms with van der Waals surface area (Å²) in [5.41, 5.74) is 0.525. The number of hydrogen-bond acceptors (Lipinski definition) is 4. The number of nitrogens with zero attached hydrogens (tertiary/aromatic N) is 2. The summed E-state index contributed by atoms with van der Waals surface area (Å²) in [6, 6.07) is 3.64. The Kier molecular flexibility index (Phi) is 9.83. The van der Waals surface area contributed by atoms with Crippen LogP contribution in [0.15, 0.2) is 18.3 Å². The van der Waals surface area contributed by atoms with Gasteiger partial charge in [0.25, 0.3) is 5.82 Å². The fourth-order valence-corrected chi connectivity index (χ4v) is 2.15. The van der Waals surface area contributed by atoms with Crippen molar-refractivity contribution < 1.29 is 18.9 Å². The first-order chi connectivity index (χ1) is 10.6. The molecule has 1 aromatic heterocycles. The van der Waals surface area contributed by atoms with E-state index in [0.29, 0.717) is 24.2 Å². The molecule has 0 radical (unpaired) electrons. The van der Waals surface area contributed by atoms with E-state index in [4.69, 9.17) is 0 Å². The maximum Gasteiger partial charge on any atom is 0.341 e. The zero-order valence-corrected chi connectivity index (χ0v) is 14.7. The number of ether oxygens (including phenoxy) is 1. The van der Waals surface area contributed by atoms with E-state index in [0.717, 1.165) is 18.9 Å². The number of rotatable bonds is 2. The Balaban J connectivity index is 0.00000102. The second-order valence-corrected chi connectivity index (χ2v) is 4.40. The fraction of sp³-hybridized carbons (Fsp3) is 0.588. The van der Waals surface area contributed by atoms with Gasteiger partial charge in [0, 0.05) is 18.9 Å². The molecule has 1 fully saturated rings. The largest absolute Gasteiger partial charge is 0.465 e. The number of hydrogen-bond donors (Lipinski definition) is 0. The molecule has 0 N–H and O–H groups in total. The Bertz CT molecular complexity index is 477. The number of esters is 1. The molecule has 2 heterocycles. The summed E-state index contributed by atoms with van der Waals surface area (Å²) in [5, 5.41) is 0. The summed E-state index contributed by atoms with van der Waals surface area (Å²) >= 11 is 0. The SMILES string of the molecule is CC.CC.COC(=O)c1ccc(N2CCC(=O)CC2)[n+](C)c1. The normalized spacial score (nSPS) is 13.4. The Labute approximate surface area is 133 Å². The zero-order chi connectivity index (χ0) is 17.1. The maximum atomic E-state index is 11.4. The number of aromatic nitrogens is 1. The molecule has 22 heavy (non-hydrogen) atoms. The summed E-state index contributed by atoms with van der Waals surface area (Å²) in [7, 11) is 3.25. The van der Waals surface area contributed by atoms with Crippen molar-refractivity contribution in [3.05, 3.63) is 23.9 Å². The molecular formula is C17H29N2O3+. The van der Waals surface area contributed by atoms with Gasteiger partial charge in [0.1, 0.15) is 12.0 Å². The lowest BCUT2D eigenvalue weighted by Gasteiger charge is -2.22. The van der Waals surface area contributed by atoms with Crippen molar-refractivity contribution in [2.75, 3.05) is 25.1 Å². The van der Waals surface area contributed by atoms with E-state index < -0.39 is 0 Å². The molecular weight excluding hydrogens is 280 g/mol. The van der Waals surface area contributed by atoms with Gasteiger partial charge < -0.3 is 4.74 Å². The number of carbonyl (C=O) groups is 2. The molecule has 0 aromatic carbocycles. The van der Waals surface area contributed by atoms with Crippen LogP contribution in [0.3, 0.4) is 0 Å². The van der Waals surface area contributed by atoms with Gasteiger partial charge in [-0.15, -0.1) is 0 Å². The molecule has 0 spiro atoms. The summed E-state index contributed by atoms with van der Waals surface area (Å²) in [5.74, 6) is 0.987. The van der Waals surface area contributed by atoms with Crippen LogP contribution in [0.5, 0.6) is 0 Å². The number of anilines is 1. The van der Waals surface area contributed by atoms with Gasteiger partial charge in [-0.25, -0.2) is 9.36 Å². The minimum absolute atomic E-state index is 0.320. The van der Waals surface area contributed by atoms with E-state index in [1.165, 1.54) is 7.11 Å². The highest BCUT2D eigenvalue weighted by atomic mass is 16.5. The number of piperidine rings is 1. The lowest BCUT2D eigenvalue weighted by atomic mass is 10.1. The average Bonchev–Trinajstić information content (AvgIpc) is 2.58. The van der Waals surface area contributed by atoms with Crippen LogP contribution < -0.4 is 9.47 Å². The summed E-state index contributed by atoms with van der Waals surface area (Å²) in [6.45, 7) is 9.48. The summed E-state index contributed by atoms with van der Waals surface area (Å²) < 4.78 is 6.57. The third-order valence-corrected chi connectivity index (χ3v) is 3.17. The first-order valence-corrected chi connectivity index (χ1v) is 7.96. The van der Waals surface area contributed by atoms with Gasteiger partial charge in [0.15, 0.2) is 0 Å². The van der Waals surface area contributed by atoms with E-state index >= 15 is 0 Å². The van der Waals surface area contributed by atoms with Crippen LogP contribution in [0.25, 0.3) is 0 Å². The number of Topliss-reactive ketones (excluding diaryl/α,β-unsaturated/α-hetero) is 1. The lowest BCUT2D eigenvalue weighted by molar-refractivity contribution is -0.659. The molecule has 0 unspecified atom stereocenters. The minimum atomic E-state index is -0.342. The van der Waals surface area contributed by atoms with Crippen LogP contribution in [0.2, 0.25) is 0 Å². The summed E-state index contributed by atoms with van der Waals surface area (Å²) in [6.07, 6.45) is 2.94. The standard InChI is InChI=1S/C13H17N2O3.2C2H6/c1-14-9-10(13(17)18-2)3-4-12(14)15-7-5-11(16)6-8-15;2*1-2/h3-4,9H,5-8H2,1-2H3;2*1-2H3/q+1;;. The molecule has 1 aliphatic heterocycles. The van der Waals surface area contributed by atoms with Crippen molar-refractivity contribution >= 4 is 17.6 Å². The predicted molar refractivity (Wildman–Crippen MR) is 88.1 cm³/mol. The molecule has 0 amide bonds. The molecule has 124 valence electrons. The minimum Gasteiger partial charge on any atom is -0.465 e. The summed E-state index contributed by atoms with van der Waals surface area (Å²) in [4.78, 5) is 24.8. The molecule has 0 aliphatic carbocycles. The average molecular weight is 309 g/mol. The molecule has 1 aromatic rings. The van der Waals surface area contributed by atoms with Crippen molar-refractivity contribution in [2.45, 2.75) is 40.5 Å². The third-order valence-electron chi connectivity index (χ3n) is 3.17. The topological polar surface area (TPSA) is 50.5 Å². The Morgan fingerprint density at radius 1 is 1.14 bits per heavy atom. The molecule has 1 saturated heterocycles. The number of ketones is 1. The van der Waals surface area contributed by atoms with E-state index in [-0.39, 0.29) is 5.97 Å². The fourth-order valence-electron chi connectivity index (χ4n) is 2.15. The van der Waals surface area contributed by atoms with Crippen molar-refractivity contribution in [2.24, 2.45) is 7.05 Å². The van der Waals surface area contributed by atoms with Crippen LogP contribution >= 0.6 is 0 Å². The van der Waals surface area contributed by atoms with E-state index in [1.807, 2.05) is 45.4 Å². The molecule has 2 rings (SSSR count). The van der Waals surface area contributed by atoms with Crippen molar-refractivity contribution in [3.63, 3.8) is 0 Å². The number of pyridine rings is 1. The van der Waals surface area contributed by atoms with Crippen molar-refractivity contribution in [3.8, 4) is 0 Å². The van der Waals surface area contributed by atoms with E-state index in [1.54, 1.807) is 12.3 Å². The highest BCUT2D eigenvalue weighted by Crippen LogP contribution is 2.14. The molecule has 1 aliphatic rings. The van der Waals surface area contributed by atoms with Crippen LogP contribution in [0.4, 0.5) is 5.82 Å². The van der Waals surface area contributed by atoms with Gasteiger partial charge in [0.05, 0.1) is 32.8 Å². The number of carbonyl (C=O) groups excluding carboxylic acids is 2. The quantitative estimate of drug-likeness (QED) is 0.622. The second kappa shape index (κ2) is 10.8. The number of aryl methyl sites for hydroxylation is 1. The van der Waals surface area contributed by atoms with Crippen molar-refractivity contribution in [1.82, 2.24) is 0 Å². The van der Waals surface area contributed by atoms with Crippen LogP contribution in [-0.2, 0) is 16.6 Å². The van der Waals surface area contributed by atoms with Gasteiger partial charge in [-0.1, -0.05) is 27.7 Å². The highest BCUT2D eigenvalue weighted by molar-refractivity contribution is 5.88. The molecule has 0 atom stereocenters. The predicted octanol–water partition coefficient (Wildman–Crippen LogP) is 2.52. The smallest absolute Gasteiger partial charge is 0.341 e. The Morgan fingerprint density at radius 3 is 2.14 bits per heavy atom. The van der Waals surface area contributed by atoms with Crippen molar-refractivity contribution in [1.29, 1.82) is 0 Å². The van der Waals surface area contributed by atoms with E-state index in [9.17, 15) is 9.59 Å². The van der Waals surface area contributed by atoms with Gasteiger partial charge in [0.2, 0.25) is 0 Å². The number of methoxy groups -OCH3 is 1. The van der Waals surface area contributed by atoms with Crippen LogP contribution in [-0.4, -0.2) is 32.0 Å². The van der Waals surface area contributed by atoms with Crippen LogP contribution in [0.1, 0.15) is 50.9 Å². The van der Waals surface area contributed by atoms with Gasteiger partial charge in [-0.2, -0.15) is 0 Å². The molecule has 5 nitrogen and oxygen atoms in total. The molecule has 5 heteroatoms. The van der Waals surface area contributed by atoms with E-state index in [2.05, 4.69) is 9.64 Å². The monoisotopic (exact) mass is 309 g/mol. The van der Waals surface area contributed by atoms with Gasteiger partial charge >= 0.3 is 5.97 Å². The third kappa shape index (κ3) is 5.47. The first kappa shape index (κ1) is 20.1. The molecule has 0 bridgehead atoms. The maximum absolute atomic E-state index is 11.4.